The first-order chi connectivity index (χ1) is 22.2. The Hall–Kier alpha value is -4.35. The Kier molecular flexibility index (Phi) is 8.56. The van der Waals surface area contributed by atoms with Gasteiger partial charge in [0.2, 0.25) is 0 Å². The molecular formula is C36H42FN5O5. The molecule has 2 aromatic heterocycles. The summed E-state index contributed by atoms with van der Waals surface area (Å²) < 4.78 is 35.2. The molecule has 4 aromatic rings. The molecule has 2 atom stereocenters. The number of anilines is 1. The van der Waals surface area contributed by atoms with E-state index in [1.165, 1.54) is 6.07 Å². The first-order valence-corrected chi connectivity index (χ1v) is 16.0. The summed E-state index contributed by atoms with van der Waals surface area (Å²) in [6.45, 7) is 14.3. The molecule has 0 amide bonds. The lowest BCUT2D eigenvalue weighted by Crippen LogP contribution is -2.45. The fraction of sp³-hybridized carbons (Fsp3) is 0.444. The van der Waals surface area contributed by atoms with Gasteiger partial charge in [0.1, 0.15) is 30.2 Å². The molecule has 11 heteroatoms. The highest BCUT2D eigenvalue weighted by molar-refractivity contribution is 5.80. The number of aliphatic carboxylic acids is 1. The number of aryl methyl sites for hydroxylation is 2. The molecule has 0 aliphatic carbocycles. The van der Waals surface area contributed by atoms with Crippen LogP contribution in [0.4, 0.5) is 10.2 Å². The Bertz CT molecular complexity index is 1850. The van der Waals surface area contributed by atoms with E-state index < -0.39 is 29.4 Å². The van der Waals surface area contributed by atoms with Crippen LogP contribution in [0.3, 0.4) is 0 Å². The highest BCUT2D eigenvalue weighted by Crippen LogP contribution is 2.39. The van der Waals surface area contributed by atoms with Crippen LogP contribution in [0.25, 0.3) is 28.0 Å². The average molecular weight is 644 g/mol. The molecule has 1 fully saturated rings. The van der Waals surface area contributed by atoms with Crippen LogP contribution in [-0.2, 0) is 14.3 Å². The minimum absolute atomic E-state index is 0.147. The zero-order valence-corrected chi connectivity index (χ0v) is 28.0. The Morgan fingerprint density at radius 1 is 1.13 bits per heavy atom. The minimum Gasteiger partial charge on any atom is -0.484 e. The number of carboxylic acids is 1. The van der Waals surface area contributed by atoms with Crippen molar-refractivity contribution in [3.8, 4) is 28.1 Å². The van der Waals surface area contributed by atoms with Crippen LogP contribution in [-0.4, -0.2) is 69.0 Å². The predicted molar refractivity (Wildman–Crippen MR) is 179 cm³/mol. The van der Waals surface area contributed by atoms with E-state index in [0.717, 1.165) is 16.7 Å². The highest BCUT2D eigenvalue weighted by Gasteiger charge is 2.38. The Morgan fingerprint density at radius 3 is 2.55 bits per heavy atom. The van der Waals surface area contributed by atoms with Gasteiger partial charge in [0.25, 0.3) is 0 Å². The van der Waals surface area contributed by atoms with Crippen molar-refractivity contribution in [2.75, 3.05) is 24.7 Å². The number of piperidine rings is 1. The first kappa shape index (κ1) is 32.6. The number of carboxylic acid groups (broad SMARTS) is 1. The van der Waals surface area contributed by atoms with Gasteiger partial charge in [-0.05, 0) is 84.6 Å². The van der Waals surface area contributed by atoms with Crippen molar-refractivity contribution in [1.29, 1.82) is 0 Å². The van der Waals surface area contributed by atoms with E-state index in [0.29, 0.717) is 65.7 Å². The fourth-order valence-corrected chi connectivity index (χ4v) is 6.24. The molecule has 3 aliphatic rings. The molecule has 2 aromatic carbocycles. The quantitative estimate of drug-likeness (QED) is 0.256. The van der Waals surface area contributed by atoms with Crippen molar-refractivity contribution in [3.63, 3.8) is 0 Å². The summed E-state index contributed by atoms with van der Waals surface area (Å²) >= 11 is 0. The van der Waals surface area contributed by atoms with Crippen molar-refractivity contribution < 1.29 is 28.5 Å². The van der Waals surface area contributed by atoms with E-state index in [1.54, 1.807) is 23.7 Å². The van der Waals surface area contributed by atoms with E-state index in [-0.39, 0.29) is 12.5 Å². The highest BCUT2D eigenvalue weighted by atomic mass is 19.1. The fourth-order valence-electron chi connectivity index (χ4n) is 6.24. The van der Waals surface area contributed by atoms with E-state index in [4.69, 9.17) is 24.3 Å². The normalized spacial score (nSPS) is 20.8. The number of hydrogen-bond donors (Lipinski definition) is 1. The summed E-state index contributed by atoms with van der Waals surface area (Å²) in [5.41, 5.74) is 3.99. The molecule has 248 valence electrons. The molecule has 1 saturated heterocycles. The van der Waals surface area contributed by atoms with Gasteiger partial charge in [0.15, 0.2) is 11.8 Å². The predicted octanol–water partition coefficient (Wildman–Crippen LogP) is 6.94. The lowest BCUT2D eigenvalue weighted by atomic mass is 9.92. The van der Waals surface area contributed by atoms with E-state index in [2.05, 4.69) is 16.8 Å². The van der Waals surface area contributed by atoms with Gasteiger partial charge in [-0.3, -0.25) is 4.99 Å². The number of fused-ring (bicyclic) bond motifs is 6. The number of aliphatic imine (C=N–C) groups is 1. The third-order valence-corrected chi connectivity index (χ3v) is 8.73. The molecule has 10 nitrogen and oxygen atoms in total. The average Bonchev–Trinajstić information content (AvgIpc) is 3.43. The van der Waals surface area contributed by atoms with Crippen LogP contribution in [0.2, 0.25) is 0 Å². The zero-order chi connectivity index (χ0) is 33.7. The number of hydrogen-bond acceptors (Lipinski definition) is 8. The van der Waals surface area contributed by atoms with Crippen molar-refractivity contribution in [2.24, 2.45) is 4.99 Å². The number of aromatic nitrogens is 3. The topological polar surface area (TPSA) is 111 Å². The molecule has 0 radical (unpaired) electrons. The Labute approximate surface area is 274 Å². The molecule has 3 aliphatic heterocycles. The van der Waals surface area contributed by atoms with Gasteiger partial charge in [-0.2, -0.15) is 9.61 Å². The van der Waals surface area contributed by atoms with Crippen LogP contribution in [0.1, 0.15) is 70.4 Å². The summed E-state index contributed by atoms with van der Waals surface area (Å²) in [5.74, 6) is -0.409. The summed E-state index contributed by atoms with van der Waals surface area (Å²) in [7, 11) is 0. The zero-order valence-electron chi connectivity index (χ0n) is 28.0. The van der Waals surface area contributed by atoms with E-state index >= 15 is 0 Å². The van der Waals surface area contributed by atoms with Crippen LogP contribution >= 0.6 is 0 Å². The van der Waals surface area contributed by atoms with Gasteiger partial charge >= 0.3 is 5.97 Å². The summed E-state index contributed by atoms with van der Waals surface area (Å²) in [6.07, 6.45) is 1.34. The summed E-state index contributed by atoms with van der Waals surface area (Å²) in [6, 6.07) is 12.9. The van der Waals surface area contributed by atoms with Crippen LogP contribution in [0, 0.1) is 19.7 Å². The third kappa shape index (κ3) is 6.73. The van der Waals surface area contributed by atoms with E-state index in [1.807, 2.05) is 65.0 Å². The smallest absolute Gasteiger partial charge is 0.337 e. The monoisotopic (exact) mass is 643 g/mol. The van der Waals surface area contributed by atoms with Gasteiger partial charge in [0, 0.05) is 48.3 Å². The molecule has 5 heterocycles. The van der Waals surface area contributed by atoms with E-state index in [9.17, 15) is 14.3 Å². The van der Waals surface area contributed by atoms with Gasteiger partial charge in [-0.15, -0.1) is 0 Å². The number of benzene rings is 2. The second-order valence-electron chi connectivity index (χ2n) is 13.7. The van der Waals surface area contributed by atoms with Crippen molar-refractivity contribution >= 4 is 23.6 Å². The Balaban J connectivity index is 1.57. The second-order valence-corrected chi connectivity index (χ2v) is 13.7. The maximum atomic E-state index is 14.8. The number of nitrogens with zero attached hydrogens (tertiary/aromatic N) is 5. The van der Waals surface area contributed by atoms with Crippen LogP contribution < -0.4 is 9.64 Å². The number of rotatable bonds is 3. The van der Waals surface area contributed by atoms with Gasteiger partial charge < -0.3 is 24.2 Å². The molecular weight excluding hydrogens is 601 g/mol. The standard InChI is InChI=1S/C36H42FN5O5/c1-21-15-26-24-9-8-10-25(16-24)28-18-30-39-23(3)31(32(34(43)44)47-35(4,5)6)33(42(30)40-28)41-13-11-36(7,12-14-41)45-20-38-19-22(2)46-29(26)17-27(21)37/h8-10,15-19,22,32H,11-14,20H2,1-7H3,(H,43,44)/t22-,32-/m0/s1. The van der Waals surface area contributed by atoms with Gasteiger partial charge in [0.05, 0.1) is 22.5 Å². The van der Waals surface area contributed by atoms with Gasteiger partial charge in [-0.1, -0.05) is 18.2 Å². The van der Waals surface area contributed by atoms with Crippen molar-refractivity contribution in [2.45, 2.75) is 84.7 Å². The second kappa shape index (κ2) is 12.4. The maximum Gasteiger partial charge on any atom is 0.337 e. The minimum atomic E-state index is -1.26. The lowest BCUT2D eigenvalue weighted by molar-refractivity contribution is -0.160. The molecule has 7 rings (SSSR count). The molecule has 47 heavy (non-hydrogen) atoms. The molecule has 0 saturated carbocycles. The summed E-state index contributed by atoms with van der Waals surface area (Å²) in [4.78, 5) is 24.3. The van der Waals surface area contributed by atoms with Crippen LogP contribution in [0.15, 0.2) is 47.5 Å². The lowest BCUT2D eigenvalue weighted by Gasteiger charge is -2.41. The molecule has 1 N–H and O–H groups in total. The number of carbonyl (C=O) groups is 1. The number of ether oxygens (including phenoxy) is 3. The summed E-state index contributed by atoms with van der Waals surface area (Å²) in [5, 5.41) is 15.5. The number of halogens is 1. The maximum absolute atomic E-state index is 14.8. The Morgan fingerprint density at radius 2 is 1.85 bits per heavy atom. The van der Waals surface area contributed by atoms with Gasteiger partial charge in [-0.25, -0.2) is 14.2 Å². The van der Waals surface area contributed by atoms with Crippen molar-refractivity contribution in [1.82, 2.24) is 14.6 Å². The third-order valence-electron chi connectivity index (χ3n) is 8.73. The van der Waals surface area contributed by atoms with Crippen LogP contribution in [0.5, 0.6) is 5.75 Å². The largest absolute Gasteiger partial charge is 0.484 e. The SMILES string of the molecule is Cc1cc2c(cc1F)O[C@@H](C)C=NCOC1(C)CCN(CC1)c1c([C@H](OC(C)(C)C)C(=O)O)c(C)nc3cc(nn13)-c1cccc-2c1. The first-order valence-electron chi connectivity index (χ1n) is 16.0. The molecule has 6 bridgehead atoms. The van der Waals surface area contributed by atoms with Crippen molar-refractivity contribution in [3.05, 3.63) is 65.1 Å². The molecule has 0 unspecified atom stereocenters. The molecule has 0 spiro atoms.